The highest BCUT2D eigenvalue weighted by Gasteiger charge is 2.36. The monoisotopic (exact) mass is 376 g/mol. The van der Waals surface area contributed by atoms with Gasteiger partial charge in [0.05, 0.1) is 0 Å². The number of allylic oxidation sites excluding steroid dienone is 5. The molecular weight excluding hydrogens is 336 g/mol. The first kappa shape index (κ1) is 24.2. The van der Waals surface area contributed by atoms with Crippen LogP contribution in [-0.2, 0) is 4.43 Å². The zero-order valence-electron chi connectivity index (χ0n) is 18.3. The SMILES string of the molecule is CC(C)(C)[Si](C)(C)C#C/C=C/C=C/C=C/CCO[Si](C)(C)C(C)(C)C. The fraction of sp³-hybridized carbons (Fsp3) is 0.636. The van der Waals surface area contributed by atoms with Crippen molar-refractivity contribution in [3.05, 3.63) is 36.5 Å². The third-order valence-electron chi connectivity index (χ3n) is 5.46. The van der Waals surface area contributed by atoms with Crippen LogP contribution in [0.5, 0.6) is 0 Å². The Hall–Kier alpha value is -0.826. The molecule has 0 aliphatic heterocycles. The summed E-state index contributed by atoms with van der Waals surface area (Å²) in [4.78, 5) is 0. The van der Waals surface area contributed by atoms with Gasteiger partial charge in [0.15, 0.2) is 8.32 Å². The van der Waals surface area contributed by atoms with Crippen molar-refractivity contribution in [2.45, 2.75) is 84.2 Å². The van der Waals surface area contributed by atoms with E-state index in [4.69, 9.17) is 4.43 Å². The lowest BCUT2D eigenvalue weighted by atomic mass is 10.2. The number of hydrogen-bond acceptors (Lipinski definition) is 1. The van der Waals surface area contributed by atoms with Crippen LogP contribution < -0.4 is 0 Å². The average molecular weight is 377 g/mol. The van der Waals surface area contributed by atoms with Crippen molar-refractivity contribution in [1.82, 2.24) is 0 Å². The summed E-state index contributed by atoms with van der Waals surface area (Å²) in [7, 11) is -3.08. The molecule has 0 saturated heterocycles. The predicted molar refractivity (Wildman–Crippen MR) is 120 cm³/mol. The molecule has 3 heteroatoms. The molecule has 0 saturated carbocycles. The van der Waals surface area contributed by atoms with Crippen molar-refractivity contribution in [2.75, 3.05) is 6.61 Å². The summed E-state index contributed by atoms with van der Waals surface area (Å²) in [5, 5.41) is 0.603. The molecule has 0 aliphatic rings. The standard InChI is InChI=1S/C22H40OSi2/c1-21(2,3)24(7,8)20-18-16-14-12-11-13-15-17-19-23-25(9,10)22(4,5)6/h11-16H,17,19H2,1-10H3/b12-11+,15-13+,16-14+. The molecule has 142 valence electrons. The van der Waals surface area contributed by atoms with Crippen LogP contribution >= 0.6 is 0 Å². The van der Waals surface area contributed by atoms with Crippen LogP contribution in [-0.4, -0.2) is 23.0 Å². The van der Waals surface area contributed by atoms with Crippen molar-refractivity contribution in [2.24, 2.45) is 0 Å². The van der Waals surface area contributed by atoms with Gasteiger partial charge in [-0.15, -0.1) is 5.54 Å². The molecule has 0 N–H and O–H groups in total. The minimum absolute atomic E-state index is 0.285. The van der Waals surface area contributed by atoms with E-state index >= 15 is 0 Å². The van der Waals surface area contributed by atoms with Crippen LogP contribution in [0.25, 0.3) is 0 Å². The molecule has 0 aromatic rings. The smallest absolute Gasteiger partial charge is 0.191 e. The van der Waals surface area contributed by atoms with E-state index in [1.165, 1.54) is 0 Å². The van der Waals surface area contributed by atoms with Gasteiger partial charge in [0.2, 0.25) is 0 Å². The molecule has 0 rings (SSSR count). The average Bonchev–Trinajstić information content (AvgIpc) is 2.42. The second-order valence-corrected chi connectivity index (χ2v) is 19.5. The van der Waals surface area contributed by atoms with Crippen LogP contribution in [0.4, 0.5) is 0 Å². The molecule has 0 heterocycles. The normalized spacial score (nSPS) is 14.5. The highest BCUT2D eigenvalue weighted by atomic mass is 28.4. The Morgan fingerprint density at radius 1 is 0.800 bits per heavy atom. The quantitative estimate of drug-likeness (QED) is 0.207. The molecule has 0 radical (unpaired) electrons. The lowest BCUT2D eigenvalue weighted by Crippen LogP contribution is -2.40. The van der Waals surface area contributed by atoms with Crippen LogP contribution in [0.1, 0.15) is 48.0 Å². The highest BCUT2D eigenvalue weighted by molar-refractivity contribution is 6.87. The van der Waals surface area contributed by atoms with E-state index in [-0.39, 0.29) is 5.04 Å². The van der Waals surface area contributed by atoms with E-state index in [1.807, 2.05) is 18.2 Å². The van der Waals surface area contributed by atoms with Crippen LogP contribution in [0, 0.1) is 11.5 Å². The largest absolute Gasteiger partial charge is 0.417 e. The van der Waals surface area contributed by atoms with Crippen molar-refractivity contribution < 1.29 is 4.43 Å². The summed E-state index contributed by atoms with van der Waals surface area (Å²) < 4.78 is 6.15. The van der Waals surface area contributed by atoms with E-state index in [0.29, 0.717) is 5.04 Å². The Balaban J connectivity index is 4.22. The fourth-order valence-corrected chi connectivity index (χ4v) is 3.30. The minimum atomic E-state index is -1.60. The molecule has 25 heavy (non-hydrogen) atoms. The molecule has 0 spiro atoms. The zero-order valence-corrected chi connectivity index (χ0v) is 20.3. The topological polar surface area (TPSA) is 9.23 Å². The summed E-state index contributed by atoms with van der Waals surface area (Å²) >= 11 is 0. The van der Waals surface area contributed by atoms with Crippen molar-refractivity contribution in [3.63, 3.8) is 0 Å². The van der Waals surface area contributed by atoms with Gasteiger partial charge in [0, 0.05) is 6.61 Å². The maximum Gasteiger partial charge on any atom is 0.191 e. The van der Waals surface area contributed by atoms with Crippen LogP contribution in [0.3, 0.4) is 0 Å². The Kier molecular flexibility index (Phi) is 9.43. The molecule has 0 aromatic carbocycles. The summed E-state index contributed by atoms with van der Waals surface area (Å²) in [6.07, 6.45) is 13.3. The maximum absolute atomic E-state index is 6.15. The predicted octanol–water partition coefficient (Wildman–Crippen LogP) is 7.12. The van der Waals surface area contributed by atoms with Gasteiger partial charge < -0.3 is 4.43 Å². The second kappa shape index (κ2) is 9.76. The lowest BCUT2D eigenvalue weighted by molar-refractivity contribution is 0.294. The first-order valence-electron chi connectivity index (χ1n) is 9.36. The zero-order chi connectivity index (χ0) is 19.8. The molecule has 0 aliphatic carbocycles. The van der Waals surface area contributed by atoms with Gasteiger partial charge in [0.1, 0.15) is 8.07 Å². The Labute approximate surface area is 159 Å². The Bertz CT molecular complexity index is 541. The molecule has 0 bridgehead atoms. The molecule has 0 fully saturated rings. The number of hydrogen-bond donors (Lipinski definition) is 0. The lowest BCUT2D eigenvalue weighted by Gasteiger charge is -2.36. The summed E-state index contributed by atoms with van der Waals surface area (Å²) in [6, 6.07) is 0. The third kappa shape index (κ3) is 9.44. The fourth-order valence-electron chi connectivity index (χ4n) is 1.41. The molecular formula is C22H40OSi2. The summed E-state index contributed by atoms with van der Waals surface area (Å²) in [5.41, 5.74) is 3.48. The summed E-state index contributed by atoms with van der Waals surface area (Å²) in [6.45, 7) is 23.8. The van der Waals surface area contributed by atoms with E-state index in [1.54, 1.807) is 0 Å². The molecule has 0 unspecified atom stereocenters. The maximum atomic E-state index is 6.15. The van der Waals surface area contributed by atoms with Crippen LogP contribution in [0.15, 0.2) is 36.5 Å². The molecule has 0 aromatic heterocycles. The van der Waals surface area contributed by atoms with Gasteiger partial charge in [0.25, 0.3) is 0 Å². The first-order chi connectivity index (χ1) is 11.2. The summed E-state index contributed by atoms with van der Waals surface area (Å²) in [5.74, 6) is 3.21. The first-order valence-corrected chi connectivity index (χ1v) is 15.3. The van der Waals surface area contributed by atoms with E-state index in [2.05, 4.69) is 97.4 Å². The van der Waals surface area contributed by atoms with Crippen molar-refractivity contribution >= 4 is 16.4 Å². The van der Waals surface area contributed by atoms with Gasteiger partial charge in [-0.25, -0.2) is 0 Å². The Morgan fingerprint density at radius 3 is 1.88 bits per heavy atom. The van der Waals surface area contributed by atoms with Gasteiger partial charge in [-0.05, 0) is 35.7 Å². The molecule has 0 amide bonds. The third-order valence-corrected chi connectivity index (χ3v) is 14.5. The molecule has 0 atom stereocenters. The minimum Gasteiger partial charge on any atom is -0.417 e. The van der Waals surface area contributed by atoms with Crippen molar-refractivity contribution in [3.8, 4) is 11.5 Å². The van der Waals surface area contributed by atoms with Crippen molar-refractivity contribution in [1.29, 1.82) is 0 Å². The van der Waals surface area contributed by atoms with Gasteiger partial charge in [-0.1, -0.05) is 90.9 Å². The second-order valence-electron chi connectivity index (χ2n) is 9.71. The van der Waals surface area contributed by atoms with Gasteiger partial charge >= 0.3 is 0 Å². The van der Waals surface area contributed by atoms with E-state index in [0.717, 1.165) is 13.0 Å². The highest BCUT2D eigenvalue weighted by Crippen LogP contribution is 2.36. The molecule has 1 nitrogen and oxygen atoms in total. The van der Waals surface area contributed by atoms with E-state index < -0.39 is 16.4 Å². The van der Waals surface area contributed by atoms with Crippen LogP contribution in [0.2, 0.25) is 36.3 Å². The van der Waals surface area contributed by atoms with E-state index in [9.17, 15) is 0 Å². The van der Waals surface area contributed by atoms with Gasteiger partial charge in [-0.2, -0.15) is 0 Å². The van der Waals surface area contributed by atoms with Gasteiger partial charge in [-0.3, -0.25) is 0 Å². The Morgan fingerprint density at radius 2 is 1.36 bits per heavy atom. The number of rotatable bonds is 6.